The molecule has 3 rings (SSSR count). The number of hydrazone groups is 1. The van der Waals surface area contributed by atoms with Gasteiger partial charge in [-0.25, -0.2) is 19.8 Å². The van der Waals surface area contributed by atoms with Gasteiger partial charge in [0.1, 0.15) is 11.3 Å². The van der Waals surface area contributed by atoms with E-state index in [0.29, 0.717) is 17.2 Å². The quantitative estimate of drug-likeness (QED) is 0.551. The molecule has 0 spiro atoms. The largest absolute Gasteiger partial charge is 0.450 e. The molecule has 0 fully saturated rings. The molecule has 0 radical (unpaired) electrons. The summed E-state index contributed by atoms with van der Waals surface area (Å²) in [6.07, 6.45) is 2.74. The first-order valence-corrected chi connectivity index (χ1v) is 7.78. The van der Waals surface area contributed by atoms with E-state index in [-0.39, 0.29) is 6.61 Å². The van der Waals surface area contributed by atoms with Gasteiger partial charge < -0.3 is 9.72 Å². The van der Waals surface area contributed by atoms with Gasteiger partial charge in [0.05, 0.1) is 24.7 Å². The SMILES string of the molecule is CCOC(=O)Nc1cc2[nH]cnc2c(N(C)/N=C/c2ccccc2)n1. The van der Waals surface area contributed by atoms with Gasteiger partial charge in [0.15, 0.2) is 5.82 Å². The molecule has 25 heavy (non-hydrogen) atoms. The van der Waals surface area contributed by atoms with Crippen molar-refractivity contribution in [3.8, 4) is 0 Å². The van der Waals surface area contributed by atoms with Crippen LogP contribution in [0.3, 0.4) is 0 Å². The number of carbonyl (C=O) groups excluding carboxylic acids is 1. The Balaban J connectivity index is 1.89. The Morgan fingerprint density at radius 1 is 1.40 bits per heavy atom. The lowest BCUT2D eigenvalue weighted by atomic mass is 10.2. The van der Waals surface area contributed by atoms with Gasteiger partial charge in [-0.15, -0.1) is 0 Å². The van der Waals surface area contributed by atoms with Crippen LogP contribution in [0.4, 0.5) is 16.4 Å². The fourth-order valence-electron chi connectivity index (χ4n) is 2.24. The fraction of sp³-hybridized carbons (Fsp3) is 0.176. The zero-order valence-electron chi connectivity index (χ0n) is 13.9. The smallest absolute Gasteiger partial charge is 0.412 e. The molecule has 1 aromatic carbocycles. The number of imidazole rings is 1. The van der Waals surface area contributed by atoms with E-state index >= 15 is 0 Å². The molecule has 3 aromatic rings. The molecule has 0 aliphatic rings. The number of benzene rings is 1. The van der Waals surface area contributed by atoms with Crippen LogP contribution < -0.4 is 10.3 Å². The van der Waals surface area contributed by atoms with E-state index < -0.39 is 6.09 Å². The van der Waals surface area contributed by atoms with E-state index in [1.807, 2.05) is 30.3 Å². The molecule has 0 bridgehead atoms. The number of nitrogens with one attached hydrogen (secondary N) is 2. The van der Waals surface area contributed by atoms with Gasteiger partial charge in [0, 0.05) is 13.1 Å². The highest BCUT2D eigenvalue weighted by atomic mass is 16.5. The first-order chi connectivity index (χ1) is 12.2. The van der Waals surface area contributed by atoms with E-state index in [9.17, 15) is 4.79 Å². The molecule has 0 saturated carbocycles. The van der Waals surface area contributed by atoms with Crippen molar-refractivity contribution in [2.24, 2.45) is 5.10 Å². The maximum Gasteiger partial charge on any atom is 0.412 e. The van der Waals surface area contributed by atoms with Crippen molar-refractivity contribution in [2.75, 3.05) is 24.0 Å². The van der Waals surface area contributed by atoms with Crippen LogP contribution >= 0.6 is 0 Å². The second kappa shape index (κ2) is 7.43. The Kier molecular flexibility index (Phi) is 4.89. The van der Waals surface area contributed by atoms with E-state index in [2.05, 4.69) is 25.4 Å². The number of carbonyl (C=O) groups is 1. The molecular formula is C17H18N6O2. The van der Waals surface area contributed by atoms with Crippen molar-refractivity contribution in [3.05, 3.63) is 48.3 Å². The van der Waals surface area contributed by atoms with Crippen molar-refractivity contribution in [1.29, 1.82) is 0 Å². The van der Waals surface area contributed by atoms with Gasteiger partial charge in [0.25, 0.3) is 0 Å². The number of amides is 1. The van der Waals surface area contributed by atoms with Crippen LogP contribution in [0.25, 0.3) is 11.0 Å². The second-order valence-corrected chi connectivity index (χ2v) is 5.15. The number of fused-ring (bicyclic) bond motifs is 1. The van der Waals surface area contributed by atoms with Crippen LogP contribution in [0.15, 0.2) is 47.8 Å². The number of hydrogen-bond donors (Lipinski definition) is 2. The summed E-state index contributed by atoms with van der Waals surface area (Å²) in [6.45, 7) is 2.02. The number of nitrogens with zero attached hydrogens (tertiary/aromatic N) is 4. The number of aromatic nitrogens is 3. The minimum absolute atomic E-state index is 0.284. The third-order valence-electron chi connectivity index (χ3n) is 3.38. The lowest BCUT2D eigenvalue weighted by Gasteiger charge is -2.14. The summed E-state index contributed by atoms with van der Waals surface area (Å²) in [5.41, 5.74) is 2.36. The van der Waals surface area contributed by atoms with E-state index in [1.165, 1.54) is 0 Å². The van der Waals surface area contributed by atoms with Gasteiger partial charge in [-0.1, -0.05) is 30.3 Å². The Labute approximate surface area is 144 Å². The van der Waals surface area contributed by atoms with E-state index in [4.69, 9.17) is 4.74 Å². The van der Waals surface area contributed by atoms with Crippen LogP contribution in [0.2, 0.25) is 0 Å². The molecule has 0 aliphatic carbocycles. The van der Waals surface area contributed by atoms with Crippen molar-refractivity contribution in [2.45, 2.75) is 6.92 Å². The fourth-order valence-corrected chi connectivity index (χ4v) is 2.24. The standard InChI is InChI=1S/C17H18N6O2/c1-3-25-17(24)22-14-9-13-15(19-11-18-13)16(21-14)23(2)20-10-12-7-5-4-6-8-12/h4-11H,3H2,1-2H3,(H,18,19)(H,21,22,24)/b20-10+. The third-order valence-corrected chi connectivity index (χ3v) is 3.38. The second-order valence-electron chi connectivity index (χ2n) is 5.15. The Morgan fingerprint density at radius 3 is 2.96 bits per heavy atom. The average Bonchev–Trinajstić information content (AvgIpc) is 3.08. The lowest BCUT2D eigenvalue weighted by molar-refractivity contribution is 0.168. The molecule has 2 aromatic heterocycles. The highest BCUT2D eigenvalue weighted by Gasteiger charge is 2.13. The summed E-state index contributed by atoms with van der Waals surface area (Å²) >= 11 is 0. The van der Waals surface area contributed by atoms with Crippen molar-refractivity contribution in [3.63, 3.8) is 0 Å². The molecule has 1 amide bonds. The molecule has 8 nitrogen and oxygen atoms in total. The predicted octanol–water partition coefficient (Wildman–Crippen LogP) is 3.00. The Bertz CT molecular complexity index is 891. The Morgan fingerprint density at radius 2 is 2.20 bits per heavy atom. The minimum atomic E-state index is -0.560. The summed E-state index contributed by atoms with van der Waals surface area (Å²) in [6, 6.07) is 11.4. The normalized spacial score (nSPS) is 11.0. The molecule has 0 atom stereocenters. The van der Waals surface area contributed by atoms with Gasteiger partial charge in [-0.3, -0.25) is 5.32 Å². The maximum atomic E-state index is 11.6. The number of aromatic amines is 1. The van der Waals surface area contributed by atoms with Crippen LogP contribution in [0.1, 0.15) is 12.5 Å². The molecule has 0 saturated heterocycles. The maximum absolute atomic E-state index is 11.6. The molecule has 128 valence electrons. The topological polar surface area (TPSA) is 95.5 Å². The van der Waals surface area contributed by atoms with Crippen LogP contribution in [0.5, 0.6) is 0 Å². The first kappa shape index (κ1) is 16.4. The Hall–Kier alpha value is -3.42. The number of rotatable bonds is 5. The van der Waals surface area contributed by atoms with Crippen molar-refractivity contribution in [1.82, 2.24) is 15.0 Å². The zero-order chi connectivity index (χ0) is 17.6. The summed E-state index contributed by atoms with van der Waals surface area (Å²) in [5, 5.41) is 8.60. The summed E-state index contributed by atoms with van der Waals surface area (Å²) in [5.74, 6) is 0.865. The van der Waals surface area contributed by atoms with Crippen LogP contribution in [0, 0.1) is 0 Å². The highest BCUT2D eigenvalue weighted by molar-refractivity contribution is 5.92. The molecule has 8 heteroatoms. The molecule has 2 N–H and O–H groups in total. The van der Waals surface area contributed by atoms with Crippen LogP contribution in [-0.2, 0) is 4.74 Å². The van der Waals surface area contributed by atoms with Gasteiger partial charge in [-0.2, -0.15) is 5.10 Å². The number of pyridine rings is 1. The molecule has 2 heterocycles. The molecule has 0 aliphatic heterocycles. The van der Waals surface area contributed by atoms with Crippen LogP contribution in [-0.4, -0.2) is 40.9 Å². The van der Waals surface area contributed by atoms with Gasteiger partial charge >= 0.3 is 6.09 Å². The number of anilines is 2. The number of hydrogen-bond acceptors (Lipinski definition) is 6. The average molecular weight is 338 g/mol. The monoisotopic (exact) mass is 338 g/mol. The minimum Gasteiger partial charge on any atom is -0.450 e. The highest BCUT2D eigenvalue weighted by Crippen LogP contribution is 2.24. The van der Waals surface area contributed by atoms with E-state index in [0.717, 1.165) is 11.1 Å². The van der Waals surface area contributed by atoms with Crippen molar-refractivity contribution < 1.29 is 9.53 Å². The molecule has 0 unspecified atom stereocenters. The van der Waals surface area contributed by atoms with Crippen molar-refractivity contribution >= 4 is 35.0 Å². The lowest BCUT2D eigenvalue weighted by Crippen LogP contribution is -2.17. The first-order valence-electron chi connectivity index (χ1n) is 7.78. The van der Waals surface area contributed by atoms with E-state index in [1.54, 1.807) is 37.6 Å². The number of ether oxygens (including phenoxy) is 1. The summed E-state index contributed by atoms with van der Waals surface area (Å²) in [4.78, 5) is 23.3. The molecular weight excluding hydrogens is 320 g/mol. The number of H-pyrrole nitrogens is 1. The third kappa shape index (κ3) is 3.92. The summed E-state index contributed by atoms with van der Waals surface area (Å²) < 4.78 is 4.89. The van der Waals surface area contributed by atoms with Gasteiger partial charge in [0.2, 0.25) is 0 Å². The summed E-state index contributed by atoms with van der Waals surface area (Å²) in [7, 11) is 1.77. The van der Waals surface area contributed by atoms with Gasteiger partial charge in [-0.05, 0) is 12.5 Å². The zero-order valence-corrected chi connectivity index (χ0v) is 13.9. The predicted molar refractivity (Wildman–Crippen MR) is 97.0 cm³/mol.